The third-order valence-electron chi connectivity index (χ3n) is 2.09. The standard InChI is InChI=1S/C9H7ClFIN2/c1-2-14-4-13-9-6(14)3-5(10)8(12)7(9)11/h3-4H,2H2,1H3. The molecule has 0 spiro atoms. The van der Waals surface area contributed by atoms with Crippen molar-refractivity contribution in [1.82, 2.24) is 9.55 Å². The van der Waals surface area contributed by atoms with Gasteiger partial charge >= 0.3 is 0 Å². The Morgan fingerprint density at radius 1 is 1.64 bits per heavy atom. The lowest BCUT2D eigenvalue weighted by Crippen LogP contribution is -1.92. The van der Waals surface area contributed by atoms with Crippen LogP contribution >= 0.6 is 34.2 Å². The van der Waals surface area contributed by atoms with Crippen molar-refractivity contribution in [3.8, 4) is 0 Å². The Balaban J connectivity index is 2.86. The maximum atomic E-state index is 13.6. The van der Waals surface area contributed by atoms with Gasteiger partial charge in [0.25, 0.3) is 0 Å². The van der Waals surface area contributed by atoms with Crippen LogP contribution in [0.3, 0.4) is 0 Å². The Kier molecular flexibility index (Phi) is 2.66. The minimum Gasteiger partial charge on any atom is -0.331 e. The Morgan fingerprint density at radius 2 is 2.36 bits per heavy atom. The summed E-state index contributed by atoms with van der Waals surface area (Å²) in [5.74, 6) is -0.333. The second-order valence-corrected chi connectivity index (χ2v) is 4.37. The Bertz CT molecular complexity index is 495. The summed E-state index contributed by atoms with van der Waals surface area (Å²) < 4.78 is 15.9. The van der Waals surface area contributed by atoms with Gasteiger partial charge in [-0.05, 0) is 35.6 Å². The van der Waals surface area contributed by atoms with Crippen LogP contribution in [0, 0.1) is 9.39 Å². The Morgan fingerprint density at radius 3 is 3.00 bits per heavy atom. The smallest absolute Gasteiger partial charge is 0.165 e. The summed E-state index contributed by atoms with van der Waals surface area (Å²) >= 11 is 7.77. The zero-order valence-electron chi connectivity index (χ0n) is 7.39. The molecule has 0 radical (unpaired) electrons. The average molecular weight is 325 g/mol. The van der Waals surface area contributed by atoms with E-state index in [9.17, 15) is 4.39 Å². The van der Waals surface area contributed by atoms with E-state index in [-0.39, 0.29) is 5.82 Å². The van der Waals surface area contributed by atoms with Gasteiger partial charge in [0.2, 0.25) is 0 Å². The largest absolute Gasteiger partial charge is 0.331 e. The first-order valence-electron chi connectivity index (χ1n) is 4.13. The zero-order valence-corrected chi connectivity index (χ0v) is 10.3. The van der Waals surface area contributed by atoms with E-state index >= 15 is 0 Å². The van der Waals surface area contributed by atoms with Crippen molar-refractivity contribution in [3.05, 3.63) is 26.8 Å². The molecule has 5 heteroatoms. The molecule has 0 aliphatic carbocycles. The molecule has 0 saturated carbocycles. The highest BCUT2D eigenvalue weighted by molar-refractivity contribution is 14.1. The fourth-order valence-corrected chi connectivity index (χ4v) is 1.95. The first-order valence-corrected chi connectivity index (χ1v) is 5.59. The van der Waals surface area contributed by atoms with E-state index in [1.54, 1.807) is 12.4 Å². The molecule has 1 aromatic heterocycles. The van der Waals surface area contributed by atoms with E-state index in [4.69, 9.17) is 11.6 Å². The second-order valence-electron chi connectivity index (χ2n) is 2.88. The maximum absolute atomic E-state index is 13.6. The van der Waals surface area contributed by atoms with Gasteiger partial charge in [-0.1, -0.05) is 11.6 Å². The van der Waals surface area contributed by atoms with Crippen molar-refractivity contribution in [2.24, 2.45) is 0 Å². The van der Waals surface area contributed by atoms with E-state index in [1.807, 2.05) is 34.1 Å². The van der Waals surface area contributed by atoms with Gasteiger partial charge in [-0.15, -0.1) is 0 Å². The van der Waals surface area contributed by atoms with Crippen LogP contribution in [-0.4, -0.2) is 9.55 Å². The van der Waals surface area contributed by atoms with Gasteiger partial charge in [-0.3, -0.25) is 0 Å². The molecule has 0 saturated heterocycles. The van der Waals surface area contributed by atoms with Gasteiger partial charge in [0.05, 0.1) is 20.4 Å². The predicted octanol–water partition coefficient (Wildman–Crippen LogP) is 3.45. The highest BCUT2D eigenvalue weighted by Crippen LogP contribution is 2.28. The van der Waals surface area contributed by atoms with Crippen LogP contribution in [0.4, 0.5) is 4.39 Å². The van der Waals surface area contributed by atoms with E-state index in [1.165, 1.54) is 0 Å². The molecule has 0 fully saturated rings. The molecule has 2 rings (SSSR count). The SMILES string of the molecule is CCn1cnc2c(F)c(I)c(Cl)cc21. The van der Waals surface area contributed by atoms with E-state index in [0.717, 1.165) is 12.1 Å². The highest BCUT2D eigenvalue weighted by Gasteiger charge is 2.13. The third-order valence-corrected chi connectivity index (χ3v) is 3.76. The molecule has 1 aromatic carbocycles. The summed E-state index contributed by atoms with van der Waals surface area (Å²) in [6.07, 6.45) is 1.63. The van der Waals surface area contributed by atoms with Gasteiger partial charge < -0.3 is 4.57 Å². The molecular weight excluding hydrogens is 317 g/mol. The van der Waals surface area contributed by atoms with Crippen LogP contribution in [0.15, 0.2) is 12.4 Å². The third kappa shape index (κ3) is 1.40. The number of fused-ring (bicyclic) bond motifs is 1. The molecule has 0 atom stereocenters. The fourth-order valence-electron chi connectivity index (χ4n) is 1.36. The molecule has 1 heterocycles. The summed E-state index contributed by atoms with van der Waals surface area (Å²) in [7, 11) is 0. The first kappa shape index (κ1) is 10.2. The van der Waals surface area contributed by atoms with Crippen molar-refractivity contribution in [2.45, 2.75) is 13.5 Å². The minimum atomic E-state index is -0.333. The average Bonchev–Trinajstić information content (AvgIpc) is 2.57. The molecule has 0 aliphatic rings. The molecule has 0 aliphatic heterocycles. The van der Waals surface area contributed by atoms with E-state index < -0.39 is 0 Å². The molecule has 2 aromatic rings. The lowest BCUT2D eigenvalue weighted by molar-refractivity contribution is 0.630. The number of aromatic nitrogens is 2. The maximum Gasteiger partial charge on any atom is 0.165 e. The summed E-state index contributed by atoms with van der Waals surface area (Å²) in [6.45, 7) is 2.73. The van der Waals surface area contributed by atoms with Crippen molar-refractivity contribution >= 4 is 45.2 Å². The number of hydrogen-bond donors (Lipinski definition) is 0. The van der Waals surface area contributed by atoms with Crippen molar-refractivity contribution in [2.75, 3.05) is 0 Å². The van der Waals surface area contributed by atoms with Crippen LogP contribution in [0.5, 0.6) is 0 Å². The molecule has 0 N–H and O–H groups in total. The normalized spacial score (nSPS) is 11.1. The van der Waals surface area contributed by atoms with Crippen molar-refractivity contribution in [3.63, 3.8) is 0 Å². The summed E-state index contributed by atoms with van der Waals surface area (Å²) in [4.78, 5) is 4.02. The van der Waals surface area contributed by atoms with Crippen LogP contribution in [0.25, 0.3) is 11.0 Å². The Labute approximate surface area is 99.2 Å². The highest BCUT2D eigenvalue weighted by atomic mass is 127. The van der Waals surface area contributed by atoms with Gasteiger partial charge in [0.15, 0.2) is 5.82 Å². The van der Waals surface area contributed by atoms with Crippen molar-refractivity contribution < 1.29 is 4.39 Å². The predicted molar refractivity (Wildman–Crippen MR) is 63.1 cm³/mol. The summed E-state index contributed by atoms with van der Waals surface area (Å²) in [6, 6.07) is 1.75. The molecule has 0 unspecified atom stereocenters. The lowest BCUT2D eigenvalue weighted by atomic mass is 10.3. The molecule has 74 valence electrons. The van der Waals surface area contributed by atoms with Crippen LogP contribution in [0.2, 0.25) is 5.02 Å². The Hall–Kier alpha value is -0.360. The van der Waals surface area contributed by atoms with E-state index in [0.29, 0.717) is 14.1 Å². The second kappa shape index (κ2) is 3.66. The molecular formula is C9H7ClFIN2. The van der Waals surface area contributed by atoms with Gasteiger partial charge in [0, 0.05) is 6.54 Å². The number of imidazole rings is 1. The number of rotatable bonds is 1. The molecule has 2 nitrogen and oxygen atoms in total. The van der Waals surface area contributed by atoms with Gasteiger partial charge in [0.1, 0.15) is 5.52 Å². The molecule has 0 bridgehead atoms. The van der Waals surface area contributed by atoms with Gasteiger partial charge in [-0.2, -0.15) is 0 Å². The molecule has 0 amide bonds. The van der Waals surface area contributed by atoms with Crippen LogP contribution in [0.1, 0.15) is 6.92 Å². The monoisotopic (exact) mass is 324 g/mol. The molecule has 14 heavy (non-hydrogen) atoms. The summed E-state index contributed by atoms with van der Waals surface area (Å²) in [5, 5.41) is 0.436. The lowest BCUT2D eigenvalue weighted by Gasteiger charge is -2.02. The van der Waals surface area contributed by atoms with Crippen LogP contribution < -0.4 is 0 Å². The minimum absolute atomic E-state index is 0.333. The van der Waals surface area contributed by atoms with Crippen LogP contribution in [-0.2, 0) is 6.54 Å². The van der Waals surface area contributed by atoms with E-state index in [2.05, 4.69) is 4.98 Å². The number of hydrogen-bond acceptors (Lipinski definition) is 1. The number of nitrogens with zero attached hydrogens (tertiary/aromatic N) is 2. The topological polar surface area (TPSA) is 17.8 Å². The van der Waals surface area contributed by atoms with Crippen molar-refractivity contribution in [1.29, 1.82) is 0 Å². The fraction of sp³-hybridized carbons (Fsp3) is 0.222. The zero-order chi connectivity index (χ0) is 10.3. The number of halogens is 3. The quantitative estimate of drug-likeness (QED) is 0.580. The number of aryl methyl sites for hydroxylation is 1. The number of benzene rings is 1. The van der Waals surface area contributed by atoms with Gasteiger partial charge in [-0.25, -0.2) is 9.37 Å². The first-order chi connectivity index (χ1) is 6.65. The summed E-state index contributed by atoms with van der Waals surface area (Å²) in [5.41, 5.74) is 1.14.